The van der Waals surface area contributed by atoms with Crippen molar-refractivity contribution in [2.75, 3.05) is 29.9 Å². The van der Waals surface area contributed by atoms with Gasteiger partial charge in [-0.15, -0.1) is 0 Å². The minimum atomic E-state index is 0.340. The summed E-state index contributed by atoms with van der Waals surface area (Å²) in [6, 6.07) is 4.60. The minimum absolute atomic E-state index is 0.340. The van der Waals surface area contributed by atoms with E-state index in [9.17, 15) is 0 Å². The maximum atomic E-state index is 4.91. The Bertz CT molecular complexity index is 774. The lowest BCUT2D eigenvalue weighted by atomic mass is 9.83. The first-order chi connectivity index (χ1) is 12.5. The summed E-state index contributed by atoms with van der Waals surface area (Å²) in [5, 5.41) is 3.62. The zero-order valence-corrected chi connectivity index (χ0v) is 17.1. The normalized spacial score (nSPS) is 16.2. The molecule has 1 aliphatic rings. The number of hydrogen-bond donors (Lipinski definition) is 1. The summed E-state index contributed by atoms with van der Waals surface area (Å²) in [6.45, 7) is 16.0. The predicted molar refractivity (Wildman–Crippen MR) is 111 cm³/mol. The molecule has 0 aliphatic carbocycles. The van der Waals surface area contributed by atoms with Gasteiger partial charge in [-0.2, -0.15) is 0 Å². The molecule has 1 unspecified atom stereocenters. The van der Waals surface area contributed by atoms with Gasteiger partial charge in [0.15, 0.2) is 5.82 Å². The third kappa shape index (κ3) is 3.42. The van der Waals surface area contributed by atoms with Crippen LogP contribution in [0.3, 0.4) is 0 Å². The number of aromatic nitrogens is 2. The number of rotatable bonds is 5. The van der Waals surface area contributed by atoms with Gasteiger partial charge in [-0.3, -0.25) is 0 Å². The van der Waals surface area contributed by atoms with Crippen LogP contribution in [-0.4, -0.2) is 29.6 Å². The molecule has 1 N–H and O–H groups in total. The van der Waals surface area contributed by atoms with Gasteiger partial charge in [-0.25, -0.2) is 9.97 Å². The summed E-state index contributed by atoms with van der Waals surface area (Å²) in [5.41, 5.74) is 7.83. The molecule has 0 radical (unpaired) electrons. The van der Waals surface area contributed by atoms with Crippen LogP contribution >= 0.6 is 0 Å². The van der Waals surface area contributed by atoms with E-state index in [2.05, 4.69) is 57.0 Å². The fourth-order valence-electron chi connectivity index (χ4n) is 4.41. The molecule has 1 atom stereocenters. The average molecular weight is 353 g/mol. The van der Waals surface area contributed by atoms with Crippen LogP contribution in [0.5, 0.6) is 0 Å². The van der Waals surface area contributed by atoms with Crippen molar-refractivity contribution in [1.29, 1.82) is 0 Å². The maximum Gasteiger partial charge on any atom is 0.156 e. The lowest BCUT2D eigenvalue weighted by molar-refractivity contribution is 0.673. The van der Waals surface area contributed by atoms with Gasteiger partial charge < -0.3 is 10.2 Å². The van der Waals surface area contributed by atoms with Gasteiger partial charge in [0.05, 0.1) is 11.4 Å². The summed E-state index contributed by atoms with van der Waals surface area (Å²) in [4.78, 5) is 12.1. The van der Waals surface area contributed by atoms with Crippen molar-refractivity contribution >= 4 is 11.5 Å². The van der Waals surface area contributed by atoms with E-state index in [0.717, 1.165) is 49.8 Å². The molecule has 0 saturated carbocycles. The van der Waals surface area contributed by atoms with Crippen molar-refractivity contribution in [2.24, 2.45) is 0 Å². The van der Waals surface area contributed by atoms with Crippen LogP contribution < -0.4 is 10.2 Å². The number of anilines is 2. The van der Waals surface area contributed by atoms with Gasteiger partial charge in [-0.05, 0) is 64.2 Å². The molecule has 0 spiro atoms. The Morgan fingerprint density at radius 3 is 2.38 bits per heavy atom. The van der Waals surface area contributed by atoms with Crippen LogP contribution in [0.4, 0.5) is 11.5 Å². The lowest BCUT2D eigenvalue weighted by Gasteiger charge is -2.32. The second-order valence-electron chi connectivity index (χ2n) is 7.51. The number of hydrogen-bond acceptors (Lipinski definition) is 4. The zero-order chi connectivity index (χ0) is 18.8. The first-order valence-electron chi connectivity index (χ1n) is 9.91. The Hall–Kier alpha value is -2.10. The Morgan fingerprint density at radius 1 is 1.08 bits per heavy atom. The van der Waals surface area contributed by atoms with Crippen LogP contribution in [0.1, 0.15) is 66.4 Å². The van der Waals surface area contributed by atoms with Gasteiger partial charge >= 0.3 is 0 Å². The Kier molecular flexibility index (Phi) is 5.49. The summed E-state index contributed by atoms with van der Waals surface area (Å²) in [6.07, 6.45) is 2.19. The number of aryl methyl sites for hydroxylation is 4. The van der Waals surface area contributed by atoms with E-state index in [1.165, 1.54) is 27.9 Å². The van der Waals surface area contributed by atoms with Gasteiger partial charge in [-0.1, -0.05) is 24.6 Å². The zero-order valence-electron chi connectivity index (χ0n) is 17.1. The maximum absolute atomic E-state index is 4.91. The Balaban J connectivity index is 2.15. The molecule has 1 aliphatic heterocycles. The number of fused-ring (bicyclic) bond motifs is 1. The van der Waals surface area contributed by atoms with Crippen LogP contribution in [0.25, 0.3) is 0 Å². The molecule has 3 rings (SSSR count). The third-order valence-electron chi connectivity index (χ3n) is 5.36. The summed E-state index contributed by atoms with van der Waals surface area (Å²) >= 11 is 0. The molecule has 0 amide bonds. The van der Waals surface area contributed by atoms with E-state index in [4.69, 9.17) is 9.97 Å². The van der Waals surface area contributed by atoms with Crippen LogP contribution in [-0.2, 0) is 0 Å². The van der Waals surface area contributed by atoms with Crippen molar-refractivity contribution in [1.82, 2.24) is 9.97 Å². The second-order valence-corrected chi connectivity index (χ2v) is 7.51. The molecule has 0 saturated heterocycles. The van der Waals surface area contributed by atoms with E-state index in [0.29, 0.717) is 5.92 Å². The number of benzene rings is 1. The summed E-state index contributed by atoms with van der Waals surface area (Å²) in [5.74, 6) is 2.28. The lowest BCUT2D eigenvalue weighted by Crippen LogP contribution is -2.29. The van der Waals surface area contributed by atoms with Crippen molar-refractivity contribution in [3.05, 3.63) is 45.9 Å². The van der Waals surface area contributed by atoms with Gasteiger partial charge in [0.1, 0.15) is 5.82 Å². The highest BCUT2D eigenvalue weighted by molar-refractivity contribution is 5.71. The predicted octanol–water partition coefficient (Wildman–Crippen LogP) is 4.89. The molecular weight excluding hydrogens is 320 g/mol. The Morgan fingerprint density at radius 2 is 1.77 bits per heavy atom. The van der Waals surface area contributed by atoms with Gasteiger partial charge in [0.2, 0.25) is 0 Å². The standard InChI is InChI=1S/C22H32N4/c1-7-11-26(8-2)22-21-20(24-17(6)25-22)18(9-10-23-21)19-15(4)12-14(3)13-16(19)5/h12-13,18,23H,7-11H2,1-6H3. The van der Waals surface area contributed by atoms with Gasteiger partial charge in [0, 0.05) is 25.6 Å². The van der Waals surface area contributed by atoms with Crippen molar-refractivity contribution in [3.8, 4) is 0 Å². The SMILES string of the molecule is CCCN(CC)c1nc(C)nc2c1NCCC2c1c(C)cc(C)cc1C. The summed E-state index contributed by atoms with van der Waals surface area (Å²) < 4.78 is 0. The largest absolute Gasteiger partial charge is 0.381 e. The fourth-order valence-corrected chi connectivity index (χ4v) is 4.41. The van der Waals surface area contributed by atoms with E-state index in [1.807, 2.05) is 6.92 Å². The van der Waals surface area contributed by atoms with Crippen LogP contribution in [0, 0.1) is 27.7 Å². The molecule has 0 fully saturated rings. The van der Waals surface area contributed by atoms with E-state index in [-0.39, 0.29) is 0 Å². The third-order valence-corrected chi connectivity index (χ3v) is 5.36. The van der Waals surface area contributed by atoms with Crippen LogP contribution in [0.2, 0.25) is 0 Å². The molecule has 4 nitrogen and oxygen atoms in total. The molecule has 1 aromatic heterocycles. The van der Waals surface area contributed by atoms with E-state index in [1.54, 1.807) is 0 Å². The van der Waals surface area contributed by atoms with E-state index >= 15 is 0 Å². The van der Waals surface area contributed by atoms with Crippen molar-refractivity contribution in [3.63, 3.8) is 0 Å². The second kappa shape index (κ2) is 7.65. The first-order valence-corrected chi connectivity index (χ1v) is 9.91. The Labute approximate surface area is 158 Å². The minimum Gasteiger partial charge on any atom is -0.381 e. The van der Waals surface area contributed by atoms with Crippen LogP contribution in [0.15, 0.2) is 12.1 Å². The highest BCUT2D eigenvalue weighted by atomic mass is 15.2. The smallest absolute Gasteiger partial charge is 0.156 e. The molecular formula is C22H32N4. The topological polar surface area (TPSA) is 41.1 Å². The first kappa shape index (κ1) is 18.7. The molecule has 0 bridgehead atoms. The summed E-state index contributed by atoms with van der Waals surface area (Å²) in [7, 11) is 0. The van der Waals surface area contributed by atoms with E-state index < -0.39 is 0 Å². The molecule has 1 aromatic carbocycles. The van der Waals surface area contributed by atoms with Crippen molar-refractivity contribution < 1.29 is 0 Å². The number of nitrogens with zero attached hydrogens (tertiary/aromatic N) is 3. The molecule has 26 heavy (non-hydrogen) atoms. The monoisotopic (exact) mass is 352 g/mol. The molecule has 4 heteroatoms. The molecule has 2 heterocycles. The quantitative estimate of drug-likeness (QED) is 0.831. The highest BCUT2D eigenvalue weighted by Crippen LogP contribution is 2.41. The highest BCUT2D eigenvalue weighted by Gasteiger charge is 2.29. The number of nitrogens with one attached hydrogen (secondary N) is 1. The van der Waals surface area contributed by atoms with Gasteiger partial charge in [0.25, 0.3) is 0 Å². The van der Waals surface area contributed by atoms with Crippen molar-refractivity contribution in [2.45, 2.75) is 60.3 Å². The molecule has 140 valence electrons. The average Bonchev–Trinajstić information content (AvgIpc) is 2.58. The fraction of sp³-hybridized carbons (Fsp3) is 0.545. The molecule has 2 aromatic rings.